The van der Waals surface area contributed by atoms with Gasteiger partial charge < -0.3 is 15.2 Å². The van der Waals surface area contributed by atoms with Crippen molar-refractivity contribution in [1.82, 2.24) is 4.98 Å². The highest BCUT2D eigenvalue weighted by molar-refractivity contribution is 6.08. The Kier molecular flexibility index (Phi) is 4.61. The van der Waals surface area contributed by atoms with Crippen LogP contribution in [0.3, 0.4) is 0 Å². The van der Waals surface area contributed by atoms with Gasteiger partial charge in [0.25, 0.3) is 0 Å². The lowest BCUT2D eigenvalue weighted by molar-refractivity contribution is 0.0526. The van der Waals surface area contributed by atoms with E-state index in [1.54, 1.807) is 55.6 Å². The van der Waals surface area contributed by atoms with Crippen LogP contribution >= 0.6 is 0 Å². The van der Waals surface area contributed by atoms with Crippen LogP contribution in [0.2, 0.25) is 0 Å². The fraction of sp³-hybridized carbons (Fsp3) is 0.105. The molecule has 0 saturated carbocycles. The summed E-state index contributed by atoms with van der Waals surface area (Å²) in [6.07, 6.45) is 1.61. The number of nitrogens with zero attached hydrogens (tertiary/aromatic N) is 1. The Morgan fingerprint density at radius 3 is 2.56 bits per heavy atom. The van der Waals surface area contributed by atoms with Crippen molar-refractivity contribution in [3.05, 3.63) is 65.9 Å². The molecule has 2 aromatic carbocycles. The molecule has 126 valence electrons. The molecule has 0 spiro atoms. The molecule has 0 amide bonds. The van der Waals surface area contributed by atoms with Crippen molar-refractivity contribution in [3.8, 4) is 0 Å². The maximum Gasteiger partial charge on any atom is 0.338 e. The number of hydrogen-bond donors (Lipinski definition) is 2. The Balaban J connectivity index is 1.96. The van der Waals surface area contributed by atoms with Crippen LogP contribution in [0.25, 0.3) is 10.8 Å². The second kappa shape index (κ2) is 7.00. The molecule has 25 heavy (non-hydrogen) atoms. The zero-order valence-electron chi connectivity index (χ0n) is 13.5. The summed E-state index contributed by atoms with van der Waals surface area (Å²) in [6.45, 7) is 2.07. The largest absolute Gasteiger partial charge is 0.478 e. The molecule has 0 radical (unpaired) electrons. The third kappa shape index (κ3) is 3.42. The number of pyridine rings is 1. The van der Waals surface area contributed by atoms with Gasteiger partial charge in [0, 0.05) is 17.3 Å². The molecule has 0 unspecified atom stereocenters. The Morgan fingerprint density at radius 1 is 1.12 bits per heavy atom. The Bertz CT molecular complexity index is 931. The zero-order chi connectivity index (χ0) is 17.8. The number of fused-ring (bicyclic) bond motifs is 1. The van der Waals surface area contributed by atoms with E-state index in [9.17, 15) is 14.7 Å². The standard InChI is InChI=1S/C19H16N2O4/c1-2-25-19(24)13-6-8-14(9-7-13)21-17-16-12(10-11-20-17)4-3-5-15(16)18(22)23/h3-11H,2H2,1H3,(H,20,21)(H,22,23). The van der Waals surface area contributed by atoms with Gasteiger partial charge >= 0.3 is 11.9 Å². The molecule has 0 aliphatic carbocycles. The number of hydrogen-bond acceptors (Lipinski definition) is 5. The molecule has 0 aliphatic rings. The summed E-state index contributed by atoms with van der Waals surface area (Å²) in [7, 11) is 0. The van der Waals surface area contributed by atoms with Gasteiger partial charge in [-0.25, -0.2) is 14.6 Å². The van der Waals surface area contributed by atoms with E-state index in [1.165, 1.54) is 0 Å². The van der Waals surface area contributed by atoms with Crippen molar-refractivity contribution in [3.63, 3.8) is 0 Å². The van der Waals surface area contributed by atoms with Crippen LogP contribution in [-0.2, 0) is 4.74 Å². The van der Waals surface area contributed by atoms with Gasteiger partial charge in [-0.2, -0.15) is 0 Å². The average Bonchev–Trinajstić information content (AvgIpc) is 2.62. The van der Waals surface area contributed by atoms with Crippen LogP contribution in [0.1, 0.15) is 27.6 Å². The monoisotopic (exact) mass is 336 g/mol. The predicted molar refractivity (Wildman–Crippen MR) is 94.4 cm³/mol. The minimum Gasteiger partial charge on any atom is -0.478 e. The molecule has 1 heterocycles. The van der Waals surface area contributed by atoms with Crippen LogP contribution in [0.5, 0.6) is 0 Å². The first-order chi connectivity index (χ1) is 12.1. The minimum atomic E-state index is -1.01. The van der Waals surface area contributed by atoms with Gasteiger partial charge in [0.1, 0.15) is 5.82 Å². The third-order valence-corrected chi connectivity index (χ3v) is 3.68. The molecule has 0 saturated heterocycles. The Morgan fingerprint density at radius 2 is 1.88 bits per heavy atom. The SMILES string of the molecule is CCOC(=O)c1ccc(Nc2nccc3cccc(C(=O)O)c23)cc1. The van der Waals surface area contributed by atoms with Crippen LogP contribution < -0.4 is 5.32 Å². The fourth-order valence-corrected chi connectivity index (χ4v) is 2.54. The van der Waals surface area contributed by atoms with Gasteiger partial charge in [0.15, 0.2) is 0 Å². The van der Waals surface area contributed by atoms with E-state index in [4.69, 9.17) is 4.74 Å². The summed E-state index contributed by atoms with van der Waals surface area (Å²) in [5.74, 6) is -0.954. The van der Waals surface area contributed by atoms with Crippen molar-refractivity contribution in [2.45, 2.75) is 6.92 Å². The summed E-state index contributed by atoms with van der Waals surface area (Å²) >= 11 is 0. The van der Waals surface area contributed by atoms with E-state index in [0.717, 1.165) is 5.39 Å². The first-order valence-corrected chi connectivity index (χ1v) is 7.75. The number of benzene rings is 2. The molecule has 3 aromatic rings. The number of rotatable bonds is 5. The molecule has 1 aromatic heterocycles. The minimum absolute atomic E-state index is 0.177. The van der Waals surface area contributed by atoms with Crippen molar-refractivity contribution in [1.29, 1.82) is 0 Å². The van der Waals surface area contributed by atoms with Gasteiger partial charge in [-0.05, 0) is 48.7 Å². The van der Waals surface area contributed by atoms with E-state index >= 15 is 0 Å². The summed E-state index contributed by atoms with van der Waals surface area (Å²) in [5.41, 5.74) is 1.31. The number of aromatic nitrogens is 1. The summed E-state index contributed by atoms with van der Waals surface area (Å²) in [4.78, 5) is 27.4. The molecular formula is C19H16N2O4. The van der Waals surface area contributed by atoms with Crippen molar-refractivity contribution in [2.24, 2.45) is 0 Å². The number of nitrogens with one attached hydrogen (secondary N) is 1. The number of esters is 1. The van der Waals surface area contributed by atoms with E-state index in [-0.39, 0.29) is 11.5 Å². The average molecular weight is 336 g/mol. The molecule has 0 fully saturated rings. The molecule has 6 nitrogen and oxygen atoms in total. The van der Waals surface area contributed by atoms with Gasteiger partial charge in [-0.1, -0.05) is 12.1 Å². The molecule has 6 heteroatoms. The highest BCUT2D eigenvalue weighted by atomic mass is 16.5. The van der Waals surface area contributed by atoms with Gasteiger partial charge in [-0.3, -0.25) is 0 Å². The van der Waals surface area contributed by atoms with Crippen molar-refractivity contribution >= 4 is 34.2 Å². The molecule has 0 bridgehead atoms. The summed E-state index contributed by atoms with van der Waals surface area (Å²) in [6, 6.07) is 13.6. The topological polar surface area (TPSA) is 88.5 Å². The summed E-state index contributed by atoms with van der Waals surface area (Å²) < 4.78 is 4.95. The van der Waals surface area contributed by atoms with E-state index in [1.807, 2.05) is 6.07 Å². The quantitative estimate of drug-likeness (QED) is 0.688. The lowest BCUT2D eigenvalue weighted by atomic mass is 10.1. The highest BCUT2D eigenvalue weighted by Crippen LogP contribution is 2.27. The summed E-state index contributed by atoms with van der Waals surface area (Å²) in [5, 5.41) is 13.8. The molecular weight excluding hydrogens is 320 g/mol. The first kappa shape index (κ1) is 16.4. The first-order valence-electron chi connectivity index (χ1n) is 7.75. The maximum absolute atomic E-state index is 11.7. The van der Waals surface area contributed by atoms with Crippen LogP contribution in [-0.4, -0.2) is 28.6 Å². The number of aromatic carboxylic acids is 1. The second-order valence-corrected chi connectivity index (χ2v) is 5.29. The lowest BCUT2D eigenvalue weighted by Gasteiger charge is -2.11. The fourth-order valence-electron chi connectivity index (χ4n) is 2.54. The zero-order valence-corrected chi connectivity index (χ0v) is 13.5. The van der Waals surface area contributed by atoms with Gasteiger partial charge in [-0.15, -0.1) is 0 Å². The molecule has 0 atom stereocenters. The number of carboxylic acid groups (broad SMARTS) is 1. The van der Waals surface area contributed by atoms with Crippen molar-refractivity contribution in [2.75, 3.05) is 11.9 Å². The molecule has 2 N–H and O–H groups in total. The lowest BCUT2D eigenvalue weighted by Crippen LogP contribution is -2.05. The highest BCUT2D eigenvalue weighted by Gasteiger charge is 2.13. The number of ether oxygens (including phenoxy) is 1. The second-order valence-electron chi connectivity index (χ2n) is 5.29. The number of carboxylic acids is 1. The smallest absolute Gasteiger partial charge is 0.338 e. The molecule has 0 aliphatic heterocycles. The van der Waals surface area contributed by atoms with Crippen molar-refractivity contribution < 1.29 is 19.4 Å². The van der Waals surface area contributed by atoms with Crippen LogP contribution in [0.4, 0.5) is 11.5 Å². The van der Waals surface area contributed by atoms with E-state index in [0.29, 0.717) is 29.1 Å². The Hall–Kier alpha value is -3.41. The number of carbonyl (C=O) groups excluding carboxylic acids is 1. The predicted octanol–water partition coefficient (Wildman–Crippen LogP) is 3.85. The normalized spacial score (nSPS) is 10.4. The maximum atomic E-state index is 11.7. The van der Waals surface area contributed by atoms with Crippen LogP contribution in [0, 0.1) is 0 Å². The number of anilines is 2. The number of carbonyl (C=O) groups is 2. The van der Waals surface area contributed by atoms with E-state index in [2.05, 4.69) is 10.3 Å². The van der Waals surface area contributed by atoms with Gasteiger partial charge in [0.2, 0.25) is 0 Å². The van der Waals surface area contributed by atoms with E-state index < -0.39 is 5.97 Å². The third-order valence-electron chi connectivity index (χ3n) is 3.68. The van der Waals surface area contributed by atoms with Crippen LogP contribution in [0.15, 0.2) is 54.7 Å². The van der Waals surface area contributed by atoms with Gasteiger partial charge in [0.05, 0.1) is 17.7 Å². The molecule has 3 rings (SSSR count). The Labute approximate surface area is 144 Å².